The van der Waals surface area contributed by atoms with Gasteiger partial charge in [-0.05, 0) is 32.6 Å². The van der Waals surface area contributed by atoms with Gasteiger partial charge in [-0.2, -0.15) is 0 Å². The van der Waals surface area contributed by atoms with Crippen LogP contribution in [0.2, 0.25) is 0 Å². The number of benzene rings is 1. The van der Waals surface area contributed by atoms with Crippen LogP contribution in [0.1, 0.15) is 64.1 Å². The van der Waals surface area contributed by atoms with E-state index in [1.54, 1.807) is 4.90 Å². The Morgan fingerprint density at radius 3 is 2.26 bits per heavy atom. The van der Waals surface area contributed by atoms with E-state index in [1.165, 1.54) is 7.11 Å². The molecule has 1 N–H and O–H groups in total. The molecule has 1 atom stereocenters. The third-order valence-corrected chi connectivity index (χ3v) is 5.70. The lowest BCUT2D eigenvalue weighted by Gasteiger charge is -2.29. The van der Waals surface area contributed by atoms with Crippen LogP contribution in [0.25, 0.3) is 11.4 Å². The molecule has 1 aromatic carbocycles. The summed E-state index contributed by atoms with van der Waals surface area (Å²) in [4.78, 5) is 45.2. The average molecular weight is 485 g/mol. The molecule has 0 radical (unpaired) electrons. The molecule has 0 saturated carbocycles. The summed E-state index contributed by atoms with van der Waals surface area (Å²) < 4.78 is 12.5. The maximum absolute atomic E-state index is 13.5. The third kappa shape index (κ3) is 6.21. The van der Waals surface area contributed by atoms with Crippen LogP contribution in [0.15, 0.2) is 30.3 Å². The highest BCUT2D eigenvalue weighted by molar-refractivity contribution is 5.97. The van der Waals surface area contributed by atoms with Crippen LogP contribution in [-0.2, 0) is 27.4 Å². The Hall–Kier alpha value is -3.36. The fourth-order valence-electron chi connectivity index (χ4n) is 3.99. The number of hydrogen-bond donors (Lipinski definition) is 1. The Balaban J connectivity index is 2.05. The second kappa shape index (κ2) is 10.1. The number of hydrogen-bond acceptors (Lipinski definition) is 6. The van der Waals surface area contributed by atoms with Gasteiger partial charge in [0.15, 0.2) is 5.69 Å². The number of rotatable bonds is 4. The van der Waals surface area contributed by atoms with Gasteiger partial charge in [0.05, 0.1) is 19.3 Å². The Kier molecular flexibility index (Phi) is 7.57. The summed E-state index contributed by atoms with van der Waals surface area (Å²) >= 11 is 0. The molecule has 35 heavy (non-hydrogen) atoms. The molecule has 0 aliphatic carbocycles. The minimum atomic E-state index is -0.870. The first-order valence-corrected chi connectivity index (χ1v) is 11.8. The largest absolute Gasteiger partial charge is 0.467 e. The van der Waals surface area contributed by atoms with Crippen LogP contribution in [0, 0.1) is 5.41 Å². The lowest BCUT2D eigenvalue weighted by atomic mass is 9.86. The maximum Gasteiger partial charge on any atom is 0.410 e. The number of ether oxygens (including phenoxy) is 2. The van der Waals surface area contributed by atoms with Crippen LogP contribution in [0.5, 0.6) is 0 Å². The summed E-state index contributed by atoms with van der Waals surface area (Å²) in [5.41, 5.74) is 0.419. The van der Waals surface area contributed by atoms with Crippen molar-refractivity contribution >= 4 is 18.0 Å². The Morgan fingerprint density at radius 1 is 1.03 bits per heavy atom. The molecule has 2 heterocycles. The first-order valence-electron chi connectivity index (χ1n) is 11.8. The van der Waals surface area contributed by atoms with Crippen LogP contribution in [0.4, 0.5) is 4.79 Å². The molecule has 0 fully saturated rings. The van der Waals surface area contributed by atoms with Gasteiger partial charge in [0.1, 0.15) is 17.5 Å². The first-order chi connectivity index (χ1) is 16.3. The number of esters is 1. The first kappa shape index (κ1) is 26.2. The predicted octanol–water partition coefficient (Wildman–Crippen LogP) is 4.01. The van der Waals surface area contributed by atoms with Crippen LogP contribution >= 0.6 is 0 Å². The summed E-state index contributed by atoms with van der Waals surface area (Å²) in [6.07, 6.45) is 0.234. The van der Waals surface area contributed by atoms with Crippen LogP contribution in [-0.4, -0.2) is 57.7 Å². The molecule has 9 heteroatoms. The van der Waals surface area contributed by atoms with Gasteiger partial charge >= 0.3 is 12.1 Å². The van der Waals surface area contributed by atoms with Crippen molar-refractivity contribution in [2.75, 3.05) is 13.7 Å². The van der Waals surface area contributed by atoms with Gasteiger partial charge in [-0.25, -0.2) is 14.6 Å². The summed E-state index contributed by atoms with van der Waals surface area (Å²) in [7, 11) is 1.29. The molecule has 0 saturated heterocycles. The minimum absolute atomic E-state index is 0.163. The van der Waals surface area contributed by atoms with Crippen molar-refractivity contribution in [2.24, 2.45) is 5.41 Å². The molecule has 2 amide bonds. The molecule has 1 aliphatic rings. The zero-order valence-corrected chi connectivity index (χ0v) is 21.7. The van der Waals surface area contributed by atoms with Crippen molar-refractivity contribution in [1.82, 2.24) is 19.8 Å². The monoisotopic (exact) mass is 484 g/mol. The number of nitrogens with zero attached hydrogens (tertiary/aromatic N) is 3. The van der Waals surface area contributed by atoms with E-state index < -0.39 is 35.0 Å². The topological polar surface area (TPSA) is 103 Å². The van der Waals surface area contributed by atoms with Crippen LogP contribution in [0.3, 0.4) is 0 Å². The van der Waals surface area contributed by atoms with Gasteiger partial charge < -0.3 is 24.3 Å². The SMILES string of the molecule is COC(=O)[C@@H](NC(=O)c1nc(-c2ccccc2)n2c1CN(C(=O)OC(C)(C)C)CCC2)C(C)(C)C. The highest BCUT2D eigenvalue weighted by atomic mass is 16.6. The fraction of sp³-hybridized carbons (Fsp3) is 0.538. The van der Waals surface area contributed by atoms with Crippen molar-refractivity contribution < 1.29 is 23.9 Å². The van der Waals surface area contributed by atoms with E-state index in [1.807, 2.05) is 76.4 Å². The Bertz CT molecular complexity index is 1080. The number of imidazole rings is 1. The molecule has 2 aromatic rings. The molecule has 190 valence electrons. The summed E-state index contributed by atoms with van der Waals surface area (Å²) in [6, 6.07) is 8.73. The summed E-state index contributed by atoms with van der Waals surface area (Å²) in [5.74, 6) is -0.385. The van der Waals surface area contributed by atoms with Gasteiger partial charge in [-0.15, -0.1) is 0 Å². The molecular formula is C26H36N4O5. The average Bonchev–Trinajstić information content (AvgIpc) is 2.98. The zero-order chi connectivity index (χ0) is 26.0. The lowest BCUT2D eigenvalue weighted by Crippen LogP contribution is -2.50. The van der Waals surface area contributed by atoms with E-state index in [9.17, 15) is 14.4 Å². The number of amides is 2. The summed E-state index contributed by atoms with van der Waals surface area (Å²) in [5, 5.41) is 2.82. The predicted molar refractivity (Wildman–Crippen MR) is 132 cm³/mol. The van der Waals surface area contributed by atoms with E-state index in [4.69, 9.17) is 14.5 Å². The quantitative estimate of drug-likeness (QED) is 0.658. The molecule has 1 aliphatic heterocycles. The lowest BCUT2D eigenvalue weighted by molar-refractivity contribution is -0.145. The molecule has 3 rings (SSSR count). The molecule has 0 bridgehead atoms. The zero-order valence-electron chi connectivity index (χ0n) is 21.7. The smallest absolute Gasteiger partial charge is 0.410 e. The number of nitrogens with one attached hydrogen (secondary N) is 1. The highest BCUT2D eigenvalue weighted by Gasteiger charge is 2.36. The van der Waals surface area contributed by atoms with Gasteiger partial charge in [0.25, 0.3) is 5.91 Å². The van der Waals surface area contributed by atoms with E-state index in [0.717, 1.165) is 5.56 Å². The second-order valence-corrected chi connectivity index (χ2v) is 10.8. The standard InChI is InChI=1S/C26H36N4O5/c1-25(2,3)20(23(32)34-7)28-22(31)19-18-16-29(24(33)35-26(4,5)6)14-11-15-30(18)21(27-19)17-12-9-8-10-13-17/h8-10,12-13,20H,11,14-16H2,1-7H3,(H,28,31)/t20-/m1/s1. The highest BCUT2D eigenvalue weighted by Crippen LogP contribution is 2.28. The molecule has 0 unspecified atom stereocenters. The Labute approximate surface area is 206 Å². The number of carbonyl (C=O) groups excluding carboxylic acids is 3. The van der Waals surface area contributed by atoms with Gasteiger partial charge in [0.2, 0.25) is 0 Å². The minimum Gasteiger partial charge on any atom is -0.467 e. The second-order valence-electron chi connectivity index (χ2n) is 10.8. The molecule has 1 aromatic heterocycles. The van der Waals surface area contributed by atoms with Crippen molar-refractivity contribution in [3.8, 4) is 11.4 Å². The molecule has 9 nitrogen and oxygen atoms in total. The third-order valence-electron chi connectivity index (χ3n) is 5.70. The van der Waals surface area contributed by atoms with Gasteiger partial charge in [-0.1, -0.05) is 51.1 Å². The van der Waals surface area contributed by atoms with E-state index in [0.29, 0.717) is 31.0 Å². The van der Waals surface area contributed by atoms with Gasteiger partial charge in [0, 0.05) is 18.7 Å². The van der Waals surface area contributed by atoms with Crippen molar-refractivity contribution in [1.29, 1.82) is 0 Å². The van der Waals surface area contributed by atoms with E-state index in [2.05, 4.69) is 5.32 Å². The number of methoxy groups -OCH3 is 1. The number of aromatic nitrogens is 2. The maximum atomic E-state index is 13.5. The Morgan fingerprint density at radius 2 is 1.69 bits per heavy atom. The number of fused-ring (bicyclic) bond motifs is 1. The van der Waals surface area contributed by atoms with Crippen molar-refractivity contribution in [3.05, 3.63) is 41.7 Å². The van der Waals surface area contributed by atoms with Crippen molar-refractivity contribution in [2.45, 2.75) is 72.7 Å². The molecular weight excluding hydrogens is 448 g/mol. The normalized spacial score (nSPS) is 15.0. The van der Waals surface area contributed by atoms with Crippen LogP contribution < -0.4 is 5.32 Å². The van der Waals surface area contributed by atoms with E-state index in [-0.39, 0.29) is 12.2 Å². The van der Waals surface area contributed by atoms with Crippen molar-refractivity contribution in [3.63, 3.8) is 0 Å². The van der Waals surface area contributed by atoms with E-state index >= 15 is 0 Å². The van der Waals surface area contributed by atoms with Gasteiger partial charge in [-0.3, -0.25) is 4.79 Å². The summed E-state index contributed by atoms with van der Waals surface area (Å²) in [6.45, 7) is 12.2. The molecule has 0 spiro atoms. The number of carbonyl (C=O) groups is 3. The fourth-order valence-corrected chi connectivity index (χ4v) is 3.99.